The van der Waals surface area contributed by atoms with E-state index in [9.17, 15) is 0 Å². The Labute approximate surface area is 99.6 Å². The van der Waals surface area contributed by atoms with E-state index >= 15 is 0 Å². The van der Waals surface area contributed by atoms with E-state index in [1.54, 1.807) is 0 Å². The monoisotopic (exact) mass is 268 g/mol. The van der Waals surface area contributed by atoms with Crippen LogP contribution in [0.5, 0.6) is 0 Å². The molecular weight excluding hydrogens is 252 g/mol. The highest BCUT2D eigenvalue weighted by atomic mass is 79.9. The number of nitrogens with zero attached hydrogens (tertiary/aromatic N) is 1. The maximum Gasteiger partial charge on any atom is 0.126 e. The lowest BCUT2D eigenvalue weighted by atomic mass is 10.1. The molecule has 15 heavy (non-hydrogen) atoms. The molecule has 0 aromatic carbocycles. The second-order valence-electron chi connectivity index (χ2n) is 4.51. The molecule has 0 spiro atoms. The first-order valence-electron chi connectivity index (χ1n) is 5.53. The van der Waals surface area contributed by atoms with Crippen molar-refractivity contribution in [3.8, 4) is 0 Å². The highest BCUT2D eigenvalue weighted by molar-refractivity contribution is 9.10. The zero-order valence-electron chi connectivity index (χ0n) is 9.26. The first-order chi connectivity index (χ1) is 7.16. The van der Waals surface area contributed by atoms with Crippen LogP contribution in [0.1, 0.15) is 25.3 Å². The van der Waals surface area contributed by atoms with Gasteiger partial charge in [-0.3, -0.25) is 0 Å². The number of pyridine rings is 1. The summed E-state index contributed by atoms with van der Waals surface area (Å²) in [4.78, 5) is 4.33. The first kappa shape index (κ1) is 10.9. The summed E-state index contributed by atoms with van der Waals surface area (Å²) in [6, 6.07) is 2.09. The molecule has 0 saturated heterocycles. The fourth-order valence-corrected chi connectivity index (χ4v) is 1.95. The fourth-order valence-electron chi connectivity index (χ4n) is 1.73. The maximum atomic E-state index is 4.33. The summed E-state index contributed by atoms with van der Waals surface area (Å²) in [5.41, 5.74) is 1.23. The van der Waals surface area contributed by atoms with E-state index in [0.717, 1.165) is 28.7 Å². The minimum absolute atomic E-state index is 0.774. The van der Waals surface area contributed by atoms with Gasteiger partial charge in [0.25, 0.3) is 0 Å². The molecule has 1 aromatic heterocycles. The largest absolute Gasteiger partial charge is 0.370 e. The third-order valence-electron chi connectivity index (χ3n) is 3.08. The normalized spacial score (nSPS) is 17.5. The Balaban J connectivity index is 1.89. The zero-order valence-corrected chi connectivity index (χ0v) is 10.8. The SMILES string of the molecule is Cc1cc(NCC(C)C2CC2)ncc1Br. The van der Waals surface area contributed by atoms with Crippen LogP contribution >= 0.6 is 15.9 Å². The third kappa shape index (κ3) is 2.94. The van der Waals surface area contributed by atoms with Crippen molar-refractivity contribution in [2.45, 2.75) is 26.7 Å². The highest BCUT2D eigenvalue weighted by Gasteiger charge is 2.27. The molecule has 0 bridgehead atoms. The second-order valence-corrected chi connectivity index (χ2v) is 5.37. The van der Waals surface area contributed by atoms with Gasteiger partial charge >= 0.3 is 0 Å². The molecule has 1 atom stereocenters. The molecular formula is C12H17BrN2. The van der Waals surface area contributed by atoms with Gasteiger partial charge in [0.1, 0.15) is 5.82 Å². The van der Waals surface area contributed by atoms with E-state index < -0.39 is 0 Å². The number of aryl methyl sites for hydroxylation is 1. The van der Waals surface area contributed by atoms with E-state index in [-0.39, 0.29) is 0 Å². The molecule has 1 saturated carbocycles. The Bertz CT molecular complexity index is 347. The van der Waals surface area contributed by atoms with Crippen LogP contribution in [-0.2, 0) is 0 Å². The number of rotatable bonds is 4. The molecule has 82 valence electrons. The predicted octanol–water partition coefficient (Wildman–Crippen LogP) is 3.61. The Morgan fingerprint density at radius 3 is 2.93 bits per heavy atom. The average Bonchev–Trinajstić information content (AvgIpc) is 3.03. The molecule has 0 amide bonds. The summed E-state index contributed by atoms with van der Waals surface area (Å²) in [7, 11) is 0. The van der Waals surface area contributed by atoms with Crippen LogP contribution in [0.3, 0.4) is 0 Å². The van der Waals surface area contributed by atoms with Crippen LogP contribution < -0.4 is 5.32 Å². The molecule has 2 rings (SSSR count). The Hall–Kier alpha value is -0.570. The summed E-state index contributed by atoms with van der Waals surface area (Å²) < 4.78 is 1.07. The fraction of sp³-hybridized carbons (Fsp3) is 0.583. The third-order valence-corrected chi connectivity index (χ3v) is 3.91. The minimum Gasteiger partial charge on any atom is -0.370 e. The molecule has 1 N–H and O–H groups in total. The van der Waals surface area contributed by atoms with Crippen molar-refractivity contribution in [3.63, 3.8) is 0 Å². The highest BCUT2D eigenvalue weighted by Crippen LogP contribution is 2.36. The molecule has 2 nitrogen and oxygen atoms in total. The van der Waals surface area contributed by atoms with Crippen molar-refractivity contribution in [2.75, 3.05) is 11.9 Å². The summed E-state index contributed by atoms with van der Waals surface area (Å²) in [5, 5.41) is 3.40. The van der Waals surface area contributed by atoms with Gasteiger partial charge < -0.3 is 5.32 Å². The van der Waals surface area contributed by atoms with Crippen LogP contribution in [0, 0.1) is 18.8 Å². The van der Waals surface area contributed by atoms with Crippen LogP contribution in [-0.4, -0.2) is 11.5 Å². The van der Waals surface area contributed by atoms with Gasteiger partial charge in [-0.05, 0) is 59.2 Å². The molecule has 0 aliphatic heterocycles. The Morgan fingerprint density at radius 2 is 2.33 bits per heavy atom. The van der Waals surface area contributed by atoms with E-state index in [2.05, 4.69) is 46.1 Å². The van der Waals surface area contributed by atoms with E-state index in [1.807, 2.05) is 6.20 Å². The quantitative estimate of drug-likeness (QED) is 0.903. The summed E-state index contributed by atoms with van der Waals surface area (Å²) in [5.74, 6) is 2.72. The van der Waals surface area contributed by atoms with Crippen LogP contribution in [0.4, 0.5) is 5.82 Å². The van der Waals surface area contributed by atoms with E-state index in [4.69, 9.17) is 0 Å². The summed E-state index contributed by atoms with van der Waals surface area (Å²) in [6.07, 6.45) is 4.69. The van der Waals surface area contributed by atoms with E-state index in [1.165, 1.54) is 18.4 Å². The van der Waals surface area contributed by atoms with Crippen molar-refractivity contribution >= 4 is 21.7 Å². The molecule has 1 heterocycles. The molecule has 0 radical (unpaired) electrons. The van der Waals surface area contributed by atoms with Gasteiger partial charge in [0.2, 0.25) is 0 Å². The van der Waals surface area contributed by atoms with Gasteiger partial charge in [-0.15, -0.1) is 0 Å². The van der Waals surface area contributed by atoms with Crippen LogP contribution in [0.15, 0.2) is 16.7 Å². The molecule has 1 unspecified atom stereocenters. The Kier molecular flexibility index (Phi) is 3.29. The van der Waals surface area contributed by atoms with E-state index in [0.29, 0.717) is 0 Å². The molecule has 3 heteroatoms. The number of hydrogen-bond donors (Lipinski definition) is 1. The number of nitrogens with one attached hydrogen (secondary N) is 1. The number of anilines is 1. The molecule has 1 fully saturated rings. The maximum absolute atomic E-state index is 4.33. The number of halogens is 1. The van der Waals surface area contributed by atoms with Crippen LogP contribution in [0.2, 0.25) is 0 Å². The molecule has 1 aromatic rings. The summed E-state index contributed by atoms with van der Waals surface area (Å²) >= 11 is 3.45. The van der Waals surface area contributed by atoms with Crippen LogP contribution in [0.25, 0.3) is 0 Å². The van der Waals surface area contributed by atoms with Crippen molar-refractivity contribution in [1.29, 1.82) is 0 Å². The van der Waals surface area contributed by atoms with Gasteiger partial charge in [-0.1, -0.05) is 6.92 Å². The lowest BCUT2D eigenvalue weighted by molar-refractivity contribution is 0.536. The van der Waals surface area contributed by atoms with Gasteiger partial charge in [-0.25, -0.2) is 4.98 Å². The smallest absolute Gasteiger partial charge is 0.126 e. The average molecular weight is 269 g/mol. The minimum atomic E-state index is 0.774. The van der Waals surface area contributed by atoms with Crippen molar-refractivity contribution in [3.05, 3.63) is 22.3 Å². The van der Waals surface area contributed by atoms with Crippen molar-refractivity contribution in [2.24, 2.45) is 11.8 Å². The standard InChI is InChI=1S/C12H17BrN2/c1-8-5-12(15-7-11(8)13)14-6-9(2)10-3-4-10/h5,7,9-10H,3-4,6H2,1-2H3,(H,14,15). The second kappa shape index (κ2) is 4.52. The number of aromatic nitrogens is 1. The first-order valence-corrected chi connectivity index (χ1v) is 6.32. The topological polar surface area (TPSA) is 24.9 Å². The molecule has 1 aliphatic rings. The van der Waals surface area contributed by atoms with Gasteiger partial charge in [0.05, 0.1) is 0 Å². The van der Waals surface area contributed by atoms with Gasteiger partial charge in [0.15, 0.2) is 0 Å². The van der Waals surface area contributed by atoms with Crippen molar-refractivity contribution in [1.82, 2.24) is 4.98 Å². The Morgan fingerprint density at radius 1 is 1.60 bits per heavy atom. The summed E-state index contributed by atoms with van der Waals surface area (Å²) in [6.45, 7) is 5.44. The lowest BCUT2D eigenvalue weighted by Crippen LogP contribution is -2.13. The zero-order chi connectivity index (χ0) is 10.8. The molecule has 1 aliphatic carbocycles. The van der Waals surface area contributed by atoms with Crippen molar-refractivity contribution < 1.29 is 0 Å². The number of hydrogen-bond acceptors (Lipinski definition) is 2. The predicted molar refractivity (Wildman–Crippen MR) is 67.1 cm³/mol. The lowest BCUT2D eigenvalue weighted by Gasteiger charge is -2.12. The van der Waals surface area contributed by atoms with Gasteiger partial charge in [-0.2, -0.15) is 0 Å². The van der Waals surface area contributed by atoms with Gasteiger partial charge in [0, 0.05) is 17.2 Å².